The number of ether oxygens (including phenoxy) is 1. The number of hydrogen-bond acceptors (Lipinski definition) is 5. The maximum atomic E-state index is 9.55. The average Bonchev–Trinajstić information content (AvgIpc) is 3.40. The van der Waals surface area contributed by atoms with E-state index in [-0.39, 0.29) is 6.10 Å². The van der Waals surface area contributed by atoms with Gasteiger partial charge < -0.3 is 35.5 Å². The SMILES string of the molecule is CCC(C)Oc1ccccc1NC(=S)Nc1ccc2[nH]cc(C3CCN4CCCCC4C3)c2c1.O=C(O)/C=C/C(=O)O. The molecule has 3 heterocycles. The molecule has 3 unspecified atom stereocenters. The van der Waals surface area contributed by atoms with Crippen LogP contribution in [0, 0.1) is 0 Å². The van der Waals surface area contributed by atoms with Crippen LogP contribution in [0.5, 0.6) is 5.75 Å². The fraction of sp³-hybridized carbons (Fsp3) is 0.406. The minimum atomic E-state index is -1.26. The van der Waals surface area contributed by atoms with Gasteiger partial charge in [0.15, 0.2) is 5.11 Å². The molecule has 2 aromatic carbocycles. The third-order valence-corrected chi connectivity index (χ3v) is 8.09. The van der Waals surface area contributed by atoms with E-state index >= 15 is 0 Å². The van der Waals surface area contributed by atoms with Crippen molar-refractivity contribution >= 4 is 51.5 Å². The Morgan fingerprint density at radius 1 is 1.10 bits per heavy atom. The fourth-order valence-electron chi connectivity index (χ4n) is 5.63. The number of nitrogens with zero attached hydrogens (tertiary/aromatic N) is 1. The normalized spacial score (nSPS) is 19.3. The molecule has 42 heavy (non-hydrogen) atoms. The Morgan fingerprint density at radius 2 is 1.86 bits per heavy atom. The molecule has 0 bridgehead atoms. The number of aromatic nitrogens is 1. The minimum absolute atomic E-state index is 0.152. The molecule has 0 spiro atoms. The number of carboxylic acids is 2. The summed E-state index contributed by atoms with van der Waals surface area (Å²) in [5, 5.41) is 24.2. The smallest absolute Gasteiger partial charge is 0.328 e. The molecule has 2 aliphatic heterocycles. The molecule has 0 saturated carbocycles. The molecule has 2 saturated heterocycles. The van der Waals surface area contributed by atoms with Crippen LogP contribution in [0.2, 0.25) is 0 Å². The first-order chi connectivity index (χ1) is 20.2. The van der Waals surface area contributed by atoms with Crippen molar-refractivity contribution in [3.8, 4) is 5.75 Å². The van der Waals surface area contributed by atoms with Crippen molar-refractivity contribution in [3.05, 3.63) is 66.4 Å². The molecular formula is C32H40N4O5S. The summed E-state index contributed by atoms with van der Waals surface area (Å²) in [6, 6.07) is 15.2. The lowest BCUT2D eigenvalue weighted by Crippen LogP contribution is -2.44. The number of rotatable bonds is 8. The molecule has 10 heteroatoms. The third-order valence-electron chi connectivity index (χ3n) is 7.89. The number of thiocarbonyl (C=S) groups is 1. The van der Waals surface area contributed by atoms with Crippen LogP contribution in [-0.2, 0) is 9.59 Å². The number of benzene rings is 2. The van der Waals surface area contributed by atoms with Gasteiger partial charge in [0.05, 0.1) is 11.8 Å². The van der Waals surface area contributed by atoms with Gasteiger partial charge in [-0.05, 0) is 106 Å². The van der Waals surface area contributed by atoms with Crippen molar-refractivity contribution in [2.45, 2.75) is 70.4 Å². The van der Waals surface area contributed by atoms with E-state index in [1.165, 1.54) is 61.7 Å². The van der Waals surface area contributed by atoms with Gasteiger partial charge in [-0.2, -0.15) is 0 Å². The van der Waals surface area contributed by atoms with E-state index < -0.39 is 11.9 Å². The van der Waals surface area contributed by atoms with Gasteiger partial charge in [0, 0.05) is 41.0 Å². The lowest BCUT2D eigenvalue weighted by atomic mass is 9.82. The minimum Gasteiger partial charge on any atom is -0.489 e. The molecule has 0 amide bonds. The van der Waals surface area contributed by atoms with Gasteiger partial charge in [0.2, 0.25) is 0 Å². The lowest BCUT2D eigenvalue weighted by Gasteiger charge is -2.42. The molecule has 5 rings (SSSR count). The summed E-state index contributed by atoms with van der Waals surface area (Å²) in [5.74, 6) is -1.07. The molecule has 2 aliphatic rings. The Bertz CT molecular complexity index is 1400. The van der Waals surface area contributed by atoms with E-state index in [0.717, 1.165) is 29.6 Å². The van der Waals surface area contributed by atoms with Crippen molar-refractivity contribution in [3.63, 3.8) is 0 Å². The van der Waals surface area contributed by atoms with Crippen LogP contribution < -0.4 is 15.4 Å². The number of fused-ring (bicyclic) bond motifs is 2. The molecule has 0 radical (unpaired) electrons. The molecule has 1 aromatic heterocycles. The van der Waals surface area contributed by atoms with Crippen LogP contribution >= 0.6 is 12.2 Å². The highest BCUT2D eigenvalue weighted by Gasteiger charge is 2.31. The van der Waals surface area contributed by atoms with Gasteiger partial charge in [-0.3, -0.25) is 0 Å². The predicted molar refractivity (Wildman–Crippen MR) is 171 cm³/mol. The number of aliphatic carboxylic acids is 2. The Kier molecular flexibility index (Phi) is 11.0. The van der Waals surface area contributed by atoms with Crippen LogP contribution in [-0.4, -0.2) is 62.4 Å². The van der Waals surface area contributed by atoms with Crippen molar-refractivity contribution in [2.75, 3.05) is 23.7 Å². The predicted octanol–water partition coefficient (Wildman–Crippen LogP) is 6.60. The Labute approximate surface area is 251 Å². The van der Waals surface area contributed by atoms with Gasteiger partial charge in [-0.1, -0.05) is 25.5 Å². The summed E-state index contributed by atoms with van der Waals surface area (Å²) in [6.07, 6.45) is 11.1. The molecule has 0 aliphatic carbocycles. The highest BCUT2D eigenvalue weighted by molar-refractivity contribution is 7.80. The highest BCUT2D eigenvalue weighted by atomic mass is 32.1. The monoisotopic (exact) mass is 592 g/mol. The van der Waals surface area contributed by atoms with E-state index in [1.54, 1.807) is 0 Å². The molecule has 2 fully saturated rings. The van der Waals surface area contributed by atoms with Gasteiger partial charge in [0.25, 0.3) is 0 Å². The summed E-state index contributed by atoms with van der Waals surface area (Å²) < 4.78 is 6.06. The summed E-state index contributed by atoms with van der Waals surface area (Å²) in [5.41, 5.74) is 4.53. The van der Waals surface area contributed by atoms with Crippen molar-refractivity contribution < 1.29 is 24.5 Å². The maximum absolute atomic E-state index is 9.55. The largest absolute Gasteiger partial charge is 0.489 e. The summed E-state index contributed by atoms with van der Waals surface area (Å²) in [4.78, 5) is 25.3. The number of piperidine rings is 2. The number of anilines is 2. The Hall–Kier alpha value is -3.89. The van der Waals surface area contributed by atoms with Gasteiger partial charge in [-0.25, -0.2) is 9.59 Å². The first-order valence-electron chi connectivity index (χ1n) is 14.6. The standard InChI is InChI=1S/C28H36N4OS.C4H4O4/c1-3-19(2)33-27-10-5-4-9-26(27)31-28(34)30-21-11-12-25-23(17-21)24(18-29-25)20-13-15-32-14-7-6-8-22(32)16-20;5-3(6)1-2-4(7)8/h4-5,9-12,17-20,22,29H,3,6-8,13-16H2,1-2H3,(H2,30,31,34);1-2H,(H,5,6)(H,7,8)/b;2-1+. The number of carbonyl (C=O) groups is 2. The summed E-state index contributed by atoms with van der Waals surface area (Å²) in [7, 11) is 0. The molecule has 3 atom stereocenters. The van der Waals surface area contributed by atoms with Crippen molar-refractivity contribution in [1.82, 2.24) is 9.88 Å². The van der Waals surface area contributed by atoms with Gasteiger partial charge >= 0.3 is 11.9 Å². The van der Waals surface area contributed by atoms with E-state index in [1.807, 2.05) is 24.3 Å². The first-order valence-corrected chi connectivity index (χ1v) is 15.0. The second-order valence-corrected chi connectivity index (χ2v) is 11.2. The fourth-order valence-corrected chi connectivity index (χ4v) is 5.86. The number of para-hydroxylation sites is 2. The number of aromatic amines is 1. The number of nitrogens with one attached hydrogen (secondary N) is 3. The van der Waals surface area contributed by atoms with Crippen molar-refractivity contribution in [1.29, 1.82) is 0 Å². The van der Waals surface area contributed by atoms with E-state index in [0.29, 0.717) is 23.2 Å². The third kappa shape index (κ3) is 8.56. The first kappa shape index (κ1) is 31.1. The molecule has 224 valence electrons. The number of hydrogen-bond donors (Lipinski definition) is 5. The molecule has 3 aromatic rings. The molecule has 9 nitrogen and oxygen atoms in total. The maximum Gasteiger partial charge on any atom is 0.328 e. The summed E-state index contributed by atoms with van der Waals surface area (Å²) in [6.45, 7) is 6.72. The second-order valence-electron chi connectivity index (χ2n) is 10.8. The van der Waals surface area contributed by atoms with E-state index in [9.17, 15) is 9.59 Å². The van der Waals surface area contributed by atoms with Gasteiger partial charge in [-0.15, -0.1) is 0 Å². The van der Waals surface area contributed by atoms with E-state index in [2.05, 4.69) is 58.8 Å². The lowest BCUT2D eigenvalue weighted by molar-refractivity contribution is -0.134. The zero-order valence-corrected chi connectivity index (χ0v) is 25.0. The Balaban J connectivity index is 0.000000446. The van der Waals surface area contributed by atoms with Crippen LogP contribution in [0.15, 0.2) is 60.8 Å². The topological polar surface area (TPSA) is 127 Å². The zero-order valence-electron chi connectivity index (χ0n) is 24.1. The van der Waals surface area contributed by atoms with Crippen molar-refractivity contribution in [2.24, 2.45) is 0 Å². The number of carboxylic acid groups (broad SMARTS) is 2. The van der Waals surface area contributed by atoms with Crippen LogP contribution in [0.25, 0.3) is 10.9 Å². The van der Waals surface area contributed by atoms with E-state index in [4.69, 9.17) is 27.2 Å². The quantitative estimate of drug-likeness (QED) is 0.145. The zero-order chi connectivity index (χ0) is 30.1. The highest BCUT2D eigenvalue weighted by Crippen LogP contribution is 2.39. The second kappa shape index (κ2) is 14.8. The molecular weight excluding hydrogens is 552 g/mol. The summed E-state index contributed by atoms with van der Waals surface area (Å²) >= 11 is 5.65. The Morgan fingerprint density at radius 3 is 2.60 bits per heavy atom. The molecule has 5 N–H and O–H groups in total. The average molecular weight is 593 g/mol. The van der Waals surface area contributed by atoms with Crippen LogP contribution in [0.3, 0.4) is 0 Å². The van der Waals surface area contributed by atoms with Crippen LogP contribution in [0.4, 0.5) is 11.4 Å². The van der Waals surface area contributed by atoms with Gasteiger partial charge in [0.1, 0.15) is 5.75 Å². The number of H-pyrrole nitrogens is 1. The van der Waals surface area contributed by atoms with Crippen LogP contribution in [0.1, 0.15) is 63.9 Å².